The van der Waals surface area contributed by atoms with Gasteiger partial charge in [-0.3, -0.25) is 4.90 Å². The fourth-order valence-electron chi connectivity index (χ4n) is 5.78. The Labute approximate surface area is 256 Å². The standard InChI is InChI=1S/C29H35F4N7O3S/c1-13(2)42-25-18-22(20(30)21(36-25)17-10-14(3)35-23(34)19(17)29(31,32)33)37-26(44-7)38-24(18)39-11-15-8-9-16(12-39)40(15)27(41)43-28(4,5)6/h10,13,15-16H,8-9,11-12H2,1-7H3,(H2,34,35). The van der Waals surface area contributed by atoms with E-state index in [1.807, 2.05) is 25.7 Å². The fraction of sp³-hybridized carbons (Fsp3) is 0.552. The fourth-order valence-corrected chi connectivity index (χ4v) is 6.14. The van der Waals surface area contributed by atoms with Crippen molar-refractivity contribution in [1.82, 2.24) is 24.8 Å². The van der Waals surface area contributed by atoms with Crippen molar-refractivity contribution in [2.75, 3.05) is 30.0 Å². The van der Waals surface area contributed by atoms with Gasteiger partial charge in [0.2, 0.25) is 5.88 Å². The lowest BCUT2D eigenvalue weighted by Gasteiger charge is -2.42. The third-order valence-corrected chi connectivity index (χ3v) is 7.89. The molecule has 10 nitrogen and oxygen atoms in total. The first-order chi connectivity index (χ1) is 20.5. The third kappa shape index (κ3) is 6.02. The van der Waals surface area contributed by atoms with Crippen molar-refractivity contribution in [2.45, 2.75) is 89.5 Å². The maximum absolute atomic E-state index is 16.5. The van der Waals surface area contributed by atoms with Gasteiger partial charge in [-0.1, -0.05) is 11.8 Å². The summed E-state index contributed by atoms with van der Waals surface area (Å²) >= 11 is 1.16. The van der Waals surface area contributed by atoms with E-state index in [9.17, 15) is 18.0 Å². The lowest BCUT2D eigenvalue weighted by molar-refractivity contribution is -0.136. The van der Waals surface area contributed by atoms with Crippen LogP contribution in [0.1, 0.15) is 58.7 Å². The molecule has 5 rings (SSSR count). The number of thioether (sulfide) groups is 1. The Bertz CT molecular complexity index is 1600. The highest BCUT2D eigenvalue weighted by atomic mass is 32.2. The van der Waals surface area contributed by atoms with Crippen LogP contribution in [0.3, 0.4) is 0 Å². The lowest BCUT2D eigenvalue weighted by Crippen LogP contribution is -2.57. The van der Waals surface area contributed by atoms with Gasteiger partial charge in [0.05, 0.1) is 18.2 Å². The number of carbonyl (C=O) groups is 1. The van der Waals surface area contributed by atoms with Crippen LogP contribution in [-0.2, 0) is 10.9 Å². The van der Waals surface area contributed by atoms with E-state index in [1.165, 1.54) is 6.92 Å². The molecule has 3 aromatic rings. The SMILES string of the molecule is CSc1nc(N2CC3CCC(C2)N3C(=O)OC(C)(C)C)c2c(OC(C)C)nc(-c3cc(C)nc(N)c3C(F)(F)F)c(F)c2n1. The largest absolute Gasteiger partial charge is 0.474 e. The number of ether oxygens (including phenoxy) is 2. The van der Waals surface area contributed by atoms with Crippen molar-refractivity contribution in [1.29, 1.82) is 0 Å². The van der Waals surface area contributed by atoms with Crippen molar-refractivity contribution >= 4 is 40.4 Å². The molecule has 2 unspecified atom stereocenters. The Balaban J connectivity index is 1.70. The minimum Gasteiger partial charge on any atom is -0.474 e. The van der Waals surface area contributed by atoms with Crippen LogP contribution in [-0.4, -0.2) is 74.1 Å². The van der Waals surface area contributed by atoms with Gasteiger partial charge in [0, 0.05) is 24.3 Å². The number of halogens is 4. The first kappa shape index (κ1) is 31.8. The molecule has 0 saturated carbocycles. The predicted octanol–water partition coefficient (Wildman–Crippen LogP) is 6.23. The number of aromatic nitrogens is 4. The van der Waals surface area contributed by atoms with Gasteiger partial charge < -0.3 is 20.1 Å². The molecule has 2 atom stereocenters. The number of pyridine rings is 2. The predicted molar refractivity (Wildman–Crippen MR) is 159 cm³/mol. The molecule has 15 heteroatoms. The molecular weight excluding hydrogens is 602 g/mol. The molecular formula is C29H35F4N7O3S. The minimum atomic E-state index is -4.93. The van der Waals surface area contributed by atoms with Crippen LogP contribution in [0, 0.1) is 12.7 Å². The van der Waals surface area contributed by atoms with Gasteiger partial charge in [0.1, 0.15) is 39.4 Å². The summed E-state index contributed by atoms with van der Waals surface area (Å²) in [4.78, 5) is 34.0. The zero-order valence-electron chi connectivity index (χ0n) is 25.5. The first-order valence-electron chi connectivity index (χ1n) is 14.2. The van der Waals surface area contributed by atoms with Crippen molar-refractivity contribution in [3.05, 3.63) is 23.1 Å². The van der Waals surface area contributed by atoms with Gasteiger partial charge in [-0.25, -0.2) is 29.1 Å². The van der Waals surface area contributed by atoms with Crippen LogP contribution in [0.15, 0.2) is 11.2 Å². The Morgan fingerprint density at radius 2 is 1.73 bits per heavy atom. The van der Waals surface area contributed by atoms with Crippen molar-refractivity contribution in [3.63, 3.8) is 0 Å². The maximum Gasteiger partial charge on any atom is 0.420 e. The van der Waals surface area contributed by atoms with E-state index in [4.69, 9.17) is 20.2 Å². The number of alkyl halides is 3. The number of amides is 1. The summed E-state index contributed by atoms with van der Waals surface area (Å²) in [6, 6.07) is 0.728. The molecule has 2 saturated heterocycles. The Morgan fingerprint density at radius 1 is 1.09 bits per heavy atom. The molecule has 2 fully saturated rings. The first-order valence-corrected chi connectivity index (χ1v) is 15.4. The minimum absolute atomic E-state index is 0.114. The van der Waals surface area contributed by atoms with Gasteiger partial charge in [0.15, 0.2) is 11.0 Å². The van der Waals surface area contributed by atoms with Gasteiger partial charge in [-0.15, -0.1) is 0 Å². The van der Waals surface area contributed by atoms with Crippen LogP contribution in [0.25, 0.3) is 22.2 Å². The van der Waals surface area contributed by atoms with Crippen molar-refractivity contribution < 1.29 is 31.8 Å². The van der Waals surface area contributed by atoms with Crippen LogP contribution >= 0.6 is 11.8 Å². The number of rotatable bonds is 5. The van der Waals surface area contributed by atoms with Gasteiger partial charge >= 0.3 is 12.3 Å². The third-order valence-electron chi connectivity index (χ3n) is 7.34. The normalized spacial score (nSPS) is 18.8. The summed E-state index contributed by atoms with van der Waals surface area (Å²) in [5.74, 6) is -1.64. The van der Waals surface area contributed by atoms with E-state index in [0.717, 1.165) is 30.7 Å². The second kappa shape index (κ2) is 11.4. The average Bonchev–Trinajstić information content (AvgIpc) is 3.16. The Hall–Kier alpha value is -3.62. The van der Waals surface area contributed by atoms with E-state index in [-0.39, 0.29) is 39.7 Å². The average molecular weight is 638 g/mol. The number of piperazine rings is 1. The highest BCUT2D eigenvalue weighted by molar-refractivity contribution is 7.98. The zero-order valence-corrected chi connectivity index (χ0v) is 26.4. The van der Waals surface area contributed by atoms with Crippen LogP contribution in [0.4, 0.5) is 34.0 Å². The highest BCUT2D eigenvalue weighted by Gasteiger charge is 2.45. The monoisotopic (exact) mass is 637 g/mol. The second-order valence-corrected chi connectivity index (χ2v) is 13.0. The number of nitrogen functional groups attached to an aromatic ring is 1. The van der Waals surface area contributed by atoms with Gasteiger partial charge in [0.25, 0.3) is 0 Å². The molecule has 44 heavy (non-hydrogen) atoms. The summed E-state index contributed by atoms with van der Waals surface area (Å²) in [6.07, 6.45) is -2.59. The molecule has 0 aromatic carbocycles. The Kier molecular flexibility index (Phi) is 8.23. The zero-order chi connectivity index (χ0) is 32.3. The molecule has 0 spiro atoms. The number of nitrogens with zero attached hydrogens (tertiary/aromatic N) is 6. The number of carbonyl (C=O) groups excluding carboxylic acids is 1. The lowest BCUT2D eigenvalue weighted by atomic mass is 10.0. The number of nitrogens with two attached hydrogens (primary N) is 1. The number of hydrogen-bond acceptors (Lipinski definition) is 10. The summed E-state index contributed by atoms with van der Waals surface area (Å²) in [6.45, 7) is 11.1. The molecule has 2 aliphatic heterocycles. The van der Waals surface area contributed by atoms with E-state index in [2.05, 4.69) is 15.0 Å². The van der Waals surface area contributed by atoms with Crippen molar-refractivity contribution in [3.8, 4) is 17.1 Å². The summed E-state index contributed by atoms with van der Waals surface area (Å²) < 4.78 is 70.8. The van der Waals surface area contributed by atoms with Gasteiger partial charge in [-0.05, 0) is 66.7 Å². The topological polar surface area (TPSA) is 120 Å². The van der Waals surface area contributed by atoms with Crippen LogP contribution < -0.4 is 15.4 Å². The molecule has 1 amide bonds. The molecule has 3 aromatic heterocycles. The summed E-state index contributed by atoms with van der Waals surface area (Å²) in [7, 11) is 0. The molecule has 238 valence electrons. The van der Waals surface area contributed by atoms with Crippen molar-refractivity contribution in [2.24, 2.45) is 0 Å². The Morgan fingerprint density at radius 3 is 2.27 bits per heavy atom. The second-order valence-electron chi connectivity index (χ2n) is 12.3. The highest BCUT2D eigenvalue weighted by Crippen LogP contribution is 2.45. The molecule has 2 aliphatic rings. The number of aryl methyl sites for hydroxylation is 1. The smallest absolute Gasteiger partial charge is 0.420 e. The van der Waals surface area contributed by atoms with E-state index >= 15 is 4.39 Å². The van der Waals surface area contributed by atoms with E-state index in [0.29, 0.717) is 18.9 Å². The molecule has 0 radical (unpaired) electrons. The number of anilines is 2. The van der Waals surface area contributed by atoms with Crippen LogP contribution in [0.5, 0.6) is 5.88 Å². The quantitative estimate of drug-likeness (QED) is 0.196. The maximum atomic E-state index is 16.5. The summed E-state index contributed by atoms with van der Waals surface area (Å²) in [5, 5.41) is 0.345. The molecule has 2 N–H and O–H groups in total. The van der Waals surface area contributed by atoms with E-state index in [1.54, 1.807) is 25.0 Å². The van der Waals surface area contributed by atoms with E-state index < -0.39 is 52.4 Å². The molecule has 5 heterocycles. The van der Waals surface area contributed by atoms with Gasteiger partial charge in [-0.2, -0.15) is 13.2 Å². The summed E-state index contributed by atoms with van der Waals surface area (Å²) in [5.41, 5.74) is 2.51. The molecule has 2 bridgehead atoms. The number of fused-ring (bicyclic) bond motifs is 3. The number of hydrogen-bond donors (Lipinski definition) is 1. The molecule has 0 aliphatic carbocycles. The van der Waals surface area contributed by atoms with Crippen LogP contribution in [0.2, 0.25) is 0 Å².